The van der Waals surface area contributed by atoms with Crippen LogP contribution in [-0.2, 0) is 14.8 Å². The molecular weight excluding hydrogens is 432 g/mol. The van der Waals surface area contributed by atoms with Crippen LogP contribution in [0.25, 0.3) is 11.6 Å². The first-order valence-corrected chi connectivity index (χ1v) is 12.6. The molecule has 0 spiro atoms. The molecule has 0 saturated heterocycles. The third kappa shape index (κ3) is 6.40. The molecule has 3 aromatic carbocycles. The maximum atomic E-state index is 13.2. The molecule has 0 unspecified atom stereocenters. The number of carbonyl (C=O) groups is 1. The second-order valence-electron chi connectivity index (χ2n) is 7.72. The van der Waals surface area contributed by atoms with E-state index in [9.17, 15) is 13.2 Å². The van der Waals surface area contributed by atoms with Crippen molar-refractivity contribution in [2.45, 2.75) is 31.6 Å². The fourth-order valence-corrected chi connectivity index (χ4v) is 5.15. The topological polar surface area (TPSA) is 66.5 Å². The van der Waals surface area contributed by atoms with E-state index in [-0.39, 0.29) is 10.8 Å². The summed E-state index contributed by atoms with van der Waals surface area (Å²) in [5.74, 6) is -0.265. The first kappa shape index (κ1) is 24.4. The van der Waals surface area contributed by atoms with E-state index < -0.39 is 10.0 Å². The van der Waals surface area contributed by atoms with Gasteiger partial charge in [-0.15, -0.1) is 0 Å². The number of rotatable bonds is 10. The van der Waals surface area contributed by atoms with Gasteiger partial charge in [0, 0.05) is 24.4 Å². The van der Waals surface area contributed by atoms with Gasteiger partial charge >= 0.3 is 0 Å². The van der Waals surface area contributed by atoms with Crippen molar-refractivity contribution in [2.75, 3.05) is 18.4 Å². The van der Waals surface area contributed by atoms with Crippen molar-refractivity contribution in [2.24, 2.45) is 0 Å². The summed E-state index contributed by atoms with van der Waals surface area (Å²) in [5.41, 5.74) is 2.77. The zero-order chi connectivity index (χ0) is 23.7. The van der Waals surface area contributed by atoms with Gasteiger partial charge in [0.15, 0.2) is 0 Å². The minimum Gasteiger partial charge on any atom is -0.322 e. The van der Waals surface area contributed by atoms with E-state index in [4.69, 9.17) is 0 Å². The Hall–Kier alpha value is -3.22. The van der Waals surface area contributed by atoms with Crippen LogP contribution in [0.3, 0.4) is 0 Å². The SMILES string of the molecule is CCCN(CCC)S(=O)(=O)c1ccc(NC(=O)C(=Cc2ccccc2)c2ccccc2)cc1. The van der Waals surface area contributed by atoms with Crippen molar-refractivity contribution in [1.29, 1.82) is 0 Å². The van der Waals surface area contributed by atoms with Crippen LogP contribution in [0.5, 0.6) is 0 Å². The van der Waals surface area contributed by atoms with E-state index >= 15 is 0 Å². The molecule has 3 aromatic rings. The van der Waals surface area contributed by atoms with Gasteiger partial charge in [-0.25, -0.2) is 8.42 Å². The van der Waals surface area contributed by atoms with Crippen molar-refractivity contribution in [3.63, 3.8) is 0 Å². The summed E-state index contributed by atoms with van der Waals surface area (Å²) in [4.78, 5) is 13.4. The van der Waals surface area contributed by atoms with Gasteiger partial charge in [0.1, 0.15) is 0 Å². The van der Waals surface area contributed by atoms with Crippen LogP contribution in [0.2, 0.25) is 0 Å². The number of nitrogens with zero attached hydrogens (tertiary/aromatic N) is 1. The first-order chi connectivity index (χ1) is 16.0. The fourth-order valence-electron chi connectivity index (χ4n) is 3.52. The Kier molecular flexibility index (Phi) is 8.58. The molecule has 0 radical (unpaired) electrons. The molecule has 0 atom stereocenters. The second-order valence-corrected chi connectivity index (χ2v) is 9.66. The van der Waals surface area contributed by atoms with E-state index in [1.807, 2.05) is 80.6 Å². The van der Waals surface area contributed by atoms with Crippen LogP contribution in [0.15, 0.2) is 89.8 Å². The number of hydrogen-bond acceptors (Lipinski definition) is 3. The van der Waals surface area contributed by atoms with Gasteiger partial charge in [-0.1, -0.05) is 74.5 Å². The van der Waals surface area contributed by atoms with Crippen molar-refractivity contribution >= 4 is 33.3 Å². The number of nitrogens with one attached hydrogen (secondary N) is 1. The third-order valence-corrected chi connectivity index (χ3v) is 7.05. The lowest BCUT2D eigenvalue weighted by Gasteiger charge is -2.21. The van der Waals surface area contributed by atoms with E-state index in [2.05, 4.69) is 5.32 Å². The Morgan fingerprint density at radius 3 is 1.91 bits per heavy atom. The predicted molar refractivity (Wildman–Crippen MR) is 135 cm³/mol. The molecule has 0 heterocycles. The van der Waals surface area contributed by atoms with E-state index in [0.29, 0.717) is 24.4 Å². The van der Waals surface area contributed by atoms with Gasteiger partial charge in [-0.3, -0.25) is 4.79 Å². The molecule has 5 nitrogen and oxygen atoms in total. The smallest absolute Gasteiger partial charge is 0.256 e. The highest BCUT2D eigenvalue weighted by molar-refractivity contribution is 7.89. The Labute approximate surface area is 196 Å². The number of amides is 1. The maximum Gasteiger partial charge on any atom is 0.256 e. The molecule has 6 heteroatoms. The van der Waals surface area contributed by atoms with Crippen LogP contribution < -0.4 is 5.32 Å². The van der Waals surface area contributed by atoms with Gasteiger partial charge in [-0.05, 0) is 54.3 Å². The minimum absolute atomic E-state index is 0.227. The molecule has 0 aromatic heterocycles. The Bertz CT molecular complexity index is 1170. The van der Waals surface area contributed by atoms with Crippen molar-refractivity contribution in [3.8, 4) is 0 Å². The Morgan fingerprint density at radius 1 is 0.818 bits per heavy atom. The molecule has 0 aliphatic carbocycles. The number of carbonyl (C=O) groups excluding carboxylic acids is 1. The van der Waals surface area contributed by atoms with Gasteiger partial charge in [0.05, 0.1) is 4.90 Å². The standard InChI is InChI=1S/C27H30N2O3S/c1-3-19-29(20-4-2)33(31,32)25-17-15-24(16-18-25)28-27(30)26(23-13-9-6-10-14-23)21-22-11-7-5-8-12-22/h5-18,21H,3-4,19-20H2,1-2H3,(H,28,30). The normalized spacial score (nSPS) is 12.0. The highest BCUT2D eigenvalue weighted by Gasteiger charge is 2.23. The molecule has 0 aliphatic heterocycles. The zero-order valence-electron chi connectivity index (χ0n) is 19.1. The molecule has 1 N–H and O–H groups in total. The van der Waals surface area contributed by atoms with Crippen LogP contribution in [-0.4, -0.2) is 31.7 Å². The summed E-state index contributed by atoms with van der Waals surface area (Å²) in [7, 11) is -3.56. The van der Waals surface area contributed by atoms with Gasteiger partial charge < -0.3 is 5.32 Å². The molecule has 1 amide bonds. The molecule has 3 rings (SSSR count). The highest BCUT2D eigenvalue weighted by Crippen LogP contribution is 2.23. The number of sulfonamides is 1. The number of benzene rings is 3. The largest absolute Gasteiger partial charge is 0.322 e. The van der Waals surface area contributed by atoms with Crippen LogP contribution in [0.4, 0.5) is 5.69 Å². The zero-order valence-corrected chi connectivity index (χ0v) is 19.9. The molecule has 0 bridgehead atoms. The lowest BCUT2D eigenvalue weighted by Crippen LogP contribution is -2.32. The maximum absolute atomic E-state index is 13.2. The van der Waals surface area contributed by atoms with Gasteiger partial charge in [-0.2, -0.15) is 4.31 Å². The van der Waals surface area contributed by atoms with Gasteiger partial charge in [0.25, 0.3) is 5.91 Å². The minimum atomic E-state index is -3.56. The van der Waals surface area contributed by atoms with E-state index in [0.717, 1.165) is 24.0 Å². The second kappa shape index (κ2) is 11.6. The molecule has 172 valence electrons. The van der Waals surface area contributed by atoms with Crippen molar-refractivity contribution in [1.82, 2.24) is 4.31 Å². The molecule has 33 heavy (non-hydrogen) atoms. The van der Waals surface area contributed by atoms with Crippen LogP contribution >= 0.6 is 0 Å². The predicted octanol–water partition coefficient (Wildman–Crippen LogP) is 5.68. The summed E-state index contributed by atoms with van der Waals surface area (Å²) in [6.45, 7) is 4.90. The quantitative estimate of drug-likeness (QED) is 0.311. The summed E-state index contributed by atoms with van der Waals surface area (Å²) in [6.07, 6.45) is 3.35. The fraction of sp³-hybridized carbons (Fsp3) is 0.222. The number of hydrogen-bond donors (Lipinski definition) is 1. The Balaban J connectivity index is 1.84. The lowest BCUT2D eigenvalue weighted by molar-refractivity contribution is -0.111. The van der Waals surface area contributed by atoms with E-state index in [1.54, 1.807) is 24.3 Å². The van der Waals surface area contributed by atoms with E-state index in [1.165, 1.54) is 4.31 Å². The summed E-state index contributed by atoms with van der Waals surface area (Å²) >= 11 is 0. The molecule has 0 saturated carbocycles. The number of anilines is 1. The Morgan fingerprint density at radius 2 is 1.36 bits per heavy atom. The third-order valence-electron chi connectivity index (χ3n) is 5.14. The van der Waals surface area contributed by atoms with Crippen LogP contribution in [0, 0.1) is 0 Å². The van der Waals surface area contributed by atoms with Crippen molar-refractivity contribution in [3.05, 3.63) is 96.1 Å². The first-order valence-electron chi connectivity index (χ1n) is 11.2. The van der Waals surface area contributed by atoms with Gasteiger partial charge in [0.2, 0.25) is 10.0 Å². The average Bonchev–Trinajstić information content (AvgIpc) is 2.84. The van der Waals surface area contributed by atoms with Crippen LogP contribution in [0.1, 0.15) is 37.8 Å². The highest BCUT2D eigenvalue weighted by atomic mass is 32.2. The lowest BCUT2D eigenvalue weighted by atomic mass is 10.0. The average molecular weight is 463 g/mol. The molecule has 0 fully saturated rings. The summed E-state index contributed by atoms with van der Waals surface area (Å²) < 4.78 is 27.5. The summed E-state index contributed by atoms with van der Waals surface area (Å²) in [5, 5.41) is 2.90. The van der Waals surface area contributed by atoms with Crippen molar-refractivity contribution < 1.29 is 13.2 Å². The molecular formula is C27H30N2O3S. The monoisotopic (exact) mass is 462 g/mol. The summed E-state index contributed by atoms with van der Waals surface area (Å²) in [6, 6.07) is 25.5. The molecule has 0 aliphatic rings.